The Morgan fingerprint density at radius 2 is 1.62 bits per heavy atom. The van der Waals surface area contributed by atoms with E-state index < -0.39 is 0 Å². The van der Waals surface area contributed by atoms with Gasteiger partial charge in [-0.25, -0.2) is 0 Å². The van der Waals surface area contributed by atoms with E-state index in [1.54, 1.807) is 12.1 Å². The molecule has 1 heterocycles. The van der Waals surface area contributed by atoms with Crippen LogP contribution in [-0.4, -0.2) is 15.0 Å². The van der Waals surface area contributed by atoms with Crippen LogP contribution in [0.15, 0.2) is 53.3 Å². The molecule has 0 bridgehead atoms. The average molecular weight is 279 g/mol. The summed E-state index contributed by atoms with van der Waals surface area (Å²) >= 11 is 0. The molecule has 106 valence electrons. The zero-order valence-corrected chi connectivity index (χ0v) is 12.4. The van der Waals surface area contributed by atoms with Crippen molar-refractivity contribution in [1.82, 2.24) is 15.0 Å². The second-order valence-electron chi connectivity index (χ2n) is 6.12. The fourth-order valence-corrected chi connectivity index (χ4v) is 2.26. The summed E-state index contributed by atoms with van der Waals surface area (Å²) in [6.07, 6.45) is 0. The molecule has 4 heteroatoms. The lowest BCUT2D eigenvalue weighted by Gasteiger charge is -2.19. The van der Waals surface area contributed by atoms with Gasteiger partial charge in [0, 0.05) is 0 Å². The van der Waals surface area contributed by atoms with E-state index in [-0.39, 0.29) is 11.0 Å². The monoisotopic (exact) mass is 279 g/mol. The molecule has 0 radical (unpaired) electrons. The summed E-state index contributed by atoms with van der Waals surface area (Å²) in [5, 5.41) is 8.70. The summed E-state index contributed by atoms with van der Waals surface area (Å²) in [7, 11) is 0. The van der Waals surface area contributed by atoms with Crippen LogP contribution >= 0.6 is 0 Å². The van der Waals surface area contributed by atoms with Gasteiger partial charge in [-0.1, -0.05) is 50.3 Å². The number of fused-ring (bicyclic) bond motifs is 1. The van der Waals surface area contributed by atoms with Crippen LogP contribution in [0.2, 0.25) is 0 Å². The first kappa shape index (κ1) is 13.5. The summed E-state index contributed by atoms with van der Waals surface area (Å²) < 4.78 is 1.34. The van der Waals surface area contributed by atoms with E-state index in [0.29, 0.717) is 10.9 Å². The van der Waals surface area contributed by atoms with Gasteiger partial charge in [0.1, 0.15) is 5.52 Å². The molecule has 3 aromatic rings. The third kappa shape index (κ3) is 2.44. The van der Waals surface area contributed by atoms with Gasteiger partial charge >= 0.3 is 0 Å². The Morgan fingerprint density at radius 3 is 2.29 bits per heavy atom. The normalized spacial score (nSPS) is 11.8. The SMILES string of the molecule is CC(C)(C)c1ccc(-n2nnc3ccccc3c2=O)cc1. The third-order valence-corrected chi connectivity index (χ3v) is 3.55. The minimum atomic E-state index is -0.149. The first-order valence-corrected chi connectivity index (χ1v) is 6.92. The highest BCUT2D eigenvalue weighted by Crippen LogP contribution is 2.22. The van der Waals surface area contributed by atoms with Crippen molar-refractivity contribution < 1.29 is 0 Å². The number of rotatable bonds is 1. The van der Waals surface area contributed by atoms with Crippen LogP contribution in [0.25, 0.3) is 16.6 Å². The van der Waals surface area contributed by atoms with Crippen LogP contribution in [0.5, 0.6) is 0 Å². The molecule has 3 rings (SSSR count). The van der Waals surface area contributed by atoms with Gasteiger partial charge in [0.15, 0.2) is 0 Å². The molecular formula is C17H17N3O. The molecule has 0 N–H and O–H groups in total. The number of aromatic nitrogens is 3. The second-order valence-corrected chi connectivity index (χ2v) is 6.12. The Bertz CT molecular complexity index is 842. The Hall–Kier alpha value is -2.49. The summed E-state index contributed by atoms with van der Waals surface area (Å²) in [5.74, 6) is 0. The molecule has 2 aromatic carbocycles. The zero-order valence-electron chi connectivity index (χ0n) is 12.4. The Labute approximate surface area is 123 Å². The average Bonchev–Trinajstić information content (AvgIpc) is 2.47. The molecule has 0 unspecified atom stereocenters. The molecule has 0 aliphatic carbocycles. The van der Waals surface area contributed by atoms with Gasteiger partial charge in [-0.3, -0.25) is 4.79 Å². The molecule has 0 spiro atoms. The molecule has 0 atom stereocenters. The van der Waals surface area contributed by atoms with Crippen LogP contribution in [0.3, 0.4) is 0 Å². The number of nitrogens with zero attached hydrogens (tertiary/aromatic N) is 3. The second kappa shape index (κ2) is 4.81. The molecule has 4 nitrogen and oxygen atoms in total. The minimum absolute atomic E-state index is 0.0819. The van der Waals surface area contributed by atoms with Crippen molar-refractivity contribution in [2.75, 3.05) is 0 Å². The number of hydrogen-bond donors (Lipinski definition) is 0. The topological polar surface area (TPSA) is 47.8 Å². The van der Waals surface area contributed by atoms with E-state index in [9.17, 15) is 4.79 Å². The zero-order chi connectivity index (χ0) is 15.0. The van der Waals surface area contributed by atoms with Crippen molar-refractivity contribution in [3.63, 3.8) is 0 Å². The number of hydrogen-bond acceptors (Lipinski definition) is 3. The molecule has 0 amide bonds. The predicted octanol–water partition coefficient (Wildman–Crippen LogP) is 3.08. The number of benzene rings is 2. The fourth-order valence-electron chi connectivity index (χ4n) is 2.26. The van der Waals surface area contributed by atoms with Crippen molar-refractivity contribution in [3.05, 3.63) is 64.4 Å². The summed E-state index contributed by atoms with van der Waals surface area (Å²) in [6, 6.07) is 15.1. The highest BCUT2D eigenvalue weighted by atomic mass is 16.1. The van der Waals surface area contributed by atoms with E-state index >= 15 is 0 Å². The third-order valence-electron chi connectivity index (χ3n) is 3.55. The van der Waals surface area contributed by atoms with E-state index in [2.05, 4.69) is 31.1 Å². The van der Waals surface area contributed by atoms with E-state index in [0.717, 1.165) is 5.69 Å². The molecule has 0 saturated carbocycles. The standard InChI is InChI=1S/C17H17N3O/c1-17(2,3)12-8-10-13(11-9-12)20-16(21)14-6-4-5-7-15(14)18-19-20/h4-11H,1-3H3. The van der Waals surface area contributed by atoms with Crippen LogP contribution in [0.1, 0.15) is 26.3 Å². The maximum atomic E-state index is 12.5. The van der Waals surface area contributed by atoms with E-state index in [1.165, 1.54) is 10.2 Å². The van der Waals surface area contributed by atoms with Gasteiger partial charge in [-0.15, -0.1) is 5.10 Å². The Kier molecular flexibility index (Phi) is 3.09. The van der Waals surface area contributed by atoms with Gasteiger partial charge in [-0.05, 0) is 35.2 Å². The fraction of sp³-hybridized carbons (Fsp3) is 0.235. The Balaban J connectivity index is 2.13. The first-order chi connectivity index (χ1) is 9.97. The minimum Gasteiger partial charge on any atom is -0.267 e. The molecule has 0 aliphatic heterocycles. The van der Waals surface area contributed by atoms with Crippen molar-refractivity contribution in [1.29, 1.82) is 0 Å². The predicted molar refractivity (Wildman–Crippen MR) is 83.8 cm³/mol. The van der Waals surface area contributed by atoms with E-state index in [1.807, 2.05) is 36.4 Å². The van der Waals surface area contributed by atoms with Crippen molar-refractivity contribution >= 4 is 10.9 Å². The maximum Gasteiger partial charge on any atom is 0.282 e. The quantitative estimate of drug-likeness (QED) is 0.687. The van der Waals surface area contributed by atoms with E-state index in [4.69, 9.17) is 0 Å². The highest BCUT2D eigenvalue weighted by molar-refractivity contribution is 5.76. The van der Waals surface area contributed by atoms with Crippen molar-refractivity contribution in [2.45, 2.75) is 26.2 Å². The smallest absolute Gasteiger partial charge is 0.267 e. The highest BCUT2D eigenvalue weighted by Gasteiger charge is 2.14. The van der Waals surface area contributed by atoms with Gasteiger partial charge < -0.3 is 0 Å². The van der Waals surface area contributed by atoms with Crippen LogP contribution < -0.4 is 5.56 Å². The lowest BCUT2D eigenvalue weighted by molar-refractivity contribution is 0.589. The molecule has 21 heavy (non-hydrogen) atoms. The molecular weight excluding hydrogens is 262 g/mol. The van der Waals surface area contributed by atoms with Crippen LogP contribution in [0, 0.1) is 0 Å². The molecule has 0 saturated heterocycles. The van der Waals surface area contributed by atoms with Crippen LogP contribution in [-0.2, 0) is 5.41 Å². The van der Waals surface area contributed by atoms with Gasteiger partial charge in [0.05, 0.1) is 11.1 Å². The lowest BCUT2D eigenvalue weighted by Crippen LogP contribution is -2.22. The van der Waals surface area contributed by atoms with Crippen LogP contribution in [0.4, 0.5) is 0 Å². The lowest BCUT2D eigenvalue weighted by atomic mass is 9.87. The maximum absolute atomic E-state index is 12.5. The van der Waals surface area contributed by atoms with Gasteiger partial charge in [0.2, 0.25) is 0 Å². The first-order valence-electron chi connectivity index (χ1n) is 6.92. The largest absolute Gasteiger partial charge is 0.282 e. The summed E-state index contributed by atoms with van der Waals surface area (Å²) in [4.78, 5) is 12.5. The molecule has 0 fully saturated rings. The summed E-state index contributed by atoms with van der Waals surface area (Å²) in [6.45, 7) is 6.47. The Morgan fingerprint density at radius 1 is 0.952 bits per heavy atom. The molecule has 1 aromatic heterocycles. The summed E-state index contributed by atoms with van der Waals surface area (Å²) in [5.41, 5.74) is 2.49. The molecule has 0 aliphatic rings. The van der Waals surface area contributed by atoms with Crippen molar-refractivity contribution in [2.24, 2.45) is 0 Å². The van der Waals surface area contributed by atoms with Gasteiger partial charge in [0.25, 0.3) is 5.56 Å². The van der Waals surface area contributed by atoms with Gasteiger partial charge in [-0.2, -0.15) is 4.68 Å². The van der Waals surface area contributed by atoms with Crippen molar-refractivity contribution in [3.8, 4) is 5.69 Å².